The summed E-state index contributed by atoms with van der Waals surface area (Å²) in [6.07, 6.45) is 3.67. The molecule has 0 spiro atoms. The molecule has 0 bridgehead atoms. The third kappa shape index (κ3) is 5.01. The number of carbonyl (C=O) groups excluding carboxylic acids is 1. The van der Waals surface area contributed by atoms with Crippen LogP contribution in [-0.2, 0) is 14.3 Å². The van der Waals surface area contributed by atoms with Gasteiger partial charge in [0.1, 0.15) is 11.4 Å². The largest absolute Gasteiger partial charge is 0.503 e. The summed E-state index contributed by atoms with van der Waals surface area (Å²) in [7, 11) is 2.86. The van der Waals surface area contributed by atoms with E-state index in [0.29, 0.717) is 17.2 Å². The van der Waals surface area contributed by atoms with Gasteiger partial charge < -0.3 is 9.47 Å². The molecule has 3 rings (SSSR count). The number of aliphatic imine (C=N–C) groups is 1. The number of hydrogen-bond donors (Lipinski definition) is 0. The molecule has 0 radical (unpaired) electrons. The summed E-state index contributed by atoms with van der Waals surface area (Å²) in [6.45, 7) is 0. The van der Waals surface area contributed by atoms with Crippen molar-refractivity contribution in [1.29, 1.82) is 0 Å². The van der Waals surface area contributed by atoms with Gasteiger partial charge in [0, 0.05) is 5.25 Å². The molecule has 28 heavy (non-hydrogen) atoms. The SMILES string of the molecule is CO/C=C(/C(=O)OC)c1ccccc1C(S/C=N/c1cccc(F)c1)C1CC1. The van der Waals surface area contributed by atoms with Crippen LogP contribution in [0.3, 0.4) is 0 Å². The molecule has 146 valence electrons. The third-order valence-electron chi connectivity index (χ3n) is 4.47. The highest BCUT2D eigenvalue weighted by Gasteiger charge is 2.34. The molecule has 0 N–H and O–H groups in total. The Morgan fingerprint density at radius 1 is 1.21 bits per heavy atom. The highest BCUT2D eigenvalue weighted by atomic mass is 32.2. The molecule has 0 aromatic heterocycles. The van der Waals surface area contributed by atoms with Gasteiger partial charge in [0.05, 0.1) is 31.7 Å². The van der Waals surface area contributed by atoms with E-state index in [-0.39, 0.29) is 11.1 Å². The zero-order chi connectivity index (χ0) is 19.9. The highest BCUT2D eigenvalue weighted by Crippen LogP contribution is 2.50. The van der Waals surface area contributed by atoms with E-state index in [1.165, 1.54) is 32.6 Å². The van der Waals surface area contributed by atoms with E-state index in [0.717, 1.165) is 24.0 Å². The fourth-order valence-electron chi connectivity index (χ4n) is 2.99. The molecule has 2 aromatic carbocycles. The molecule has 0 amide bonds. The first kappa shape index (κ1) is 20.1. The lowest BCUT2D eigenvalue weighted by Crippen LogP contribution is -2.09. The molecular weight excluding hydrogens is 377 g/mol. The number of rotatable bonds is 8. The van der Waals surface area contributed by atoms with E-state index in [9.17, 15) is 9.18 Å². The molecule has 4 nitrogen and oxygen atoms in total. The van der Waals surface area contributed by atoms with Crippen molar-refractivity contribution in [2.75, 3.05) is 14.2 Å². The van der Waals surface area contributed by atoms with Crippen LogP contribution < -0.4 is 0 Å². The first-order chi connectivity index (χ1) is 13.6. The molecule has 1 saturated carbocycles. The van der Waals surface area contributed by atoms with Gasteiger partial charge in [-0.3, -0.25) is 0 Å². The van der Waals surface area contributed by atoms with Crippen molar-refractivity contribution in [3.05, 3.63) is 71.7 Å². The predicted octanol–water partition coefficient (Wildman–Crippen LogP) is 5.53. The van der Waals surface area contributed by atoms with Crippen molar-refractivity contribution in [3.63, 3.8) is 0 Å². The van der Waals surface area contributed by atoms with Crippen molar-refractivity contribution in [2.24, 2.45) is 10.9 Å². The van der Waals surface area contributed by atoms with Crippen LogP contribution in [0.5, 0.6) is 0 Å². The average molecular weight is 399 g/mol. The maximum Gasteiger partial charge on any atom is 0.341 e. The lowest BCUT2D eigenvalue weighted by molar-refractivity contribution is -0.133. The normalized spacial score (nSPS) is 15.5. The summed E-state index contributed by atoms with van der Waals surface area (Å²) in [5, 5.41) is 0.137. The van der Waals surface area contributed by atoms with Crippen LogP contribution in [0.15, 0.2) is 59.8 Å². The zero-order valence-corrected chi connectivity index (χ0v) is 16.6. The number of esters is 1. The Morgan fingerprint density at radius 2 is 2.00 bits per heavy atom. The maximum absolute atomic E-state index is 13.3. The van der Waals surface area contributed by atoms with Crippen molar-refractivity contribution in [1.82, 2.24) is 0 Å². The molecule has 1 atom stereocenters. The second kappa shape index (κ2) is 9.55. The van der Waals surface area contributed by atoms with E-state index in [4.69, 9.17) is 9.47 Å². The number of ether oxygens (including phenoxy) is 2. The van der Waals surface area contributed by atoms with Crippen LogP contribution in [-0.4, -0.2) is 25.7 Å². The molecule has 1 aliphatic rings. The lowest BCUT2D eigenvalue weighted by atomic mass is 9.96. The standard InChI is InChI=1S/C22H22FNO3S/c1-26-13-20(22(25)27-2)18-8-3-4-9-19(18)21(15-10-11-15)28-14-24-17-7-5-6-16(23)12-17/h3-9,12-15,21H,10-11H2,1-2H3/b20-13+,24-14+. The van der Waals surface area contributed by atoms with Crippen LogP contribution in [0.2, 0.25) is 0 Å². The minimum absolute atomic E-state index is 0.137. The van der Waals surface area contributed by atoms with Crippen molar-refractivity contribution in [2.45, 2.75) is 18.1 Å². The van der Waals surface area contributed by atoms with Gasteiger partial charge in [-0.2, -0.15) is 0 Å². The summed E-state index contributed by atoms with van der Waals surface area (Å²) in [4.78, 5) is 16.6. The number of halogens is 1. The number of hydrogen-bond acceptors (Lipinski definition) is 5. The van der Waals surface area contributed by atoms with Crippen LogP contribution in [0.1, 0.15) is 29.2 Å². The third-order valence-corrected chi connectivity index (χ3v) is 5.63. The monoisotopic (exact) mass is 399 g/mol. The van der Waals surface area contributed by atoms with Crippen molar-refractivity contribution in [3.8, 4) is 0 Å². The maximum atomic E-state index is 13.3. The van der Waals surface area contributed by atoms with Crippen LogP contribution in [0.4, 0.5) is 10.1 Å². The molecular formula is C22H22FNO3S. The van der Waals surface area contributed by atoms with Crippen LogP contribution in [0, 0.1) is 11.7 Å². The number of nitrogens with zero attached hydrogens (tertiary/aromatic N) is 1. The van der Waals surface area contributed by atoms with Crippen LogP contribution >= 0.6 is 11.8 Å². The van der Waals surface area contributed by atoms with Gasteiger partial charge in [-0.05, 0) is 48.1 Å². The van der Waals surface area contributed by atoms with E-state index in [1.807, 2.05) is 24.3 Å². The summed E-state index contributed by atoms with van der Waals surface area (Å²) in [6, 6.07) is 14.0. The molecule has 1 unspecified atom stereocenters. The summed E-state index contributed by atoms with van der Waals surface area (Å²) in [5.74, 6) is -0.245. The second-order valence-electron chi connectivity index (χ2n) is 6.45. The molecule has 0 heterocycles. The fraction of sp³-hybridized carbons (Fsp3) is 0.273. The number of thioether (sulfide) groups is 1. The van der Waals surface area contributed by atoms with Crippen molar-refractivity contribution >= 4 is 34.5 Å². The Morgan fingerprint density at radius 3 is 2.68 bits per heavy atom. The van der Waals surface area contributed by atoms with Gasteiger partial charge in [-0.25, -0.2) is 14.2 Å². The Hall–Kier alpha value is -2.60. The molecule has 6 heteroatoms. The molecule has 1 fully saturated rings. The fourth-order valence-corrected chi connectivity index (χ4v) is 4.15. The number of benzene rings is 2. The van der Waals surface area contributed by atoms with Crippen LogP contribution in [0.25, 0.3) is 5.57 Å². The smallest absolute Gasteiger partial charge is 0.341 e. The topological polar surface area (TPSA) is 47.9 Å². The lowest BCUT2D eigenvalue weighted by Gasteiger charge is -2.19. The predicted molar refractivity (Wildman–Crippen MR) is 111 cm³/mol. The molecule has 0 saturated heterocycles. The minimum Gasteiger partial charge on any atom is -0.503 e. The average Bonchev–Trinajstić information content (AvgIpc) is 3.54. The van der Waals surface area contributed by atoms with Gasteiger partial charge in [0.15, 0.2) is 0 Å². The number of carbonyl (C=O) groups is 1. The highest BCUT2D eigenvalue weighted by molar-refractivity contribution is 8.12. The summed E-state index contributed by atoms with van der Waals surface area (Å²) < 4.78 is 23.4. The van der Waals surface area contributed by atoms with E-state index in [2.05, 4.69) is 4.99 Å². The first-order valence-corrected chi connectivity index (χ1v) is 9.92. The Kier molecular flexibility index (Phi) is 6.87. The summed E-state index contributed by atoms with van der Waals surface area (Å²) >= 11 is 1.58. The van der Waals surface area contributed by atoms with E-state index < -0.39 is 5.97 Å². The van der Waals surface area contributed by atoms with Gasteiger partial charge in [0.25, 0.3) is 0 Å². The van der Waals surface area contributed by atoms with Gasteiger partial charge in [-0.15, -0.1) is 11.8 Å². The minimum atomic E-state index is -0.442. The first-order valence-electron chi connectivity index (χ1n) is 8.98. The zero-order valence-electron chi connectivity index (χ0n) is 15.8. The van der Waals surface area contributed by atoms with Gasteiger partial charge in [0.2, 0.25) is 0 Å². The Balaban J connectivity index is 1.89. The number of methoxy groups -OCH3 is 2. The second-order valence-corrected chi connectivity index (χ2v) is 7.45. The Bertz CT molecular complexity index is 893. The van der Waals surface area contributed by atoms with E-state index >= 15 is 0 Å². The molecule has 0 aliphatic heterocycles. The van der Waals surface area contributed by atoms with Gasteiger partial charge in [-0.1, -0.05) is 30.3 Å². The molecule has 1 aliphatic carbocycles. The van der Waals surface area contributed by atoms with Gasteiger partial charge >= 0.3 is 5.97 Å². The van der Waals surface area contributed by atoms with E-state index in [1.54, 1.807) is 29.4 Å². The quantitative estimate of drug-likeness (QED) is 0.192. The Labute approximate surface area is 168 Å². The molecule has 2 aromatic rings. The van der Waals surface area contributed by atoms with Crippen molar-refractivity contribution < 1.29 is 18.7 Å². The summed E-state index contributed by atoms with van der Waals surface area (Å²) in [5.41, 5.74) is 4.54.